The standard InChI is InChI=1S/C27H34O4S/c1-26(2)11-12-27(3,4)24-14-21(16-32-17-22(29)15-28)20(13-23(24)26)10-7-18-5-8-19(9-6-18)25(30)31/h5-10,13-14,22,28-29H,11-12,15-17H2,1-4H3,(H,30,31). The molecular weight excluding hydrogens is 420 g/mol. The lowest BCUT2D eigenvalue weighted by atomic mass is 9.62. The summed E-state index contributed by atoms with van der Waals surface area (Å²) in [5.41, 5.74) is 6.58. The normalized spacial score (nSPS) is 17.8. The number of hydrogen-bond donors (Lipinski definition) is 3. The molecular formula is C27H34O4S. The summed E-state index contributed by atoms with van der Waals surface area (Å²) < 4.78 is 0. The largest absolute Gasteiger partial charge is 0.478 e. The van der Waals surface area contributed by atoms with Crippen molar-refractivity contribution in [3.63, 3.8) is 0 Å². The molecule has 5 heteroatoms. The van der Waals surface area contributed by atoms with E-state index in [1.54, 1.807) is 23.9 Å². The zero-order chi connectivity index (χ0) is 23.5. The number of aliphatic hydroxyl groups excluding tert-OH is 2. The lowest BCUT2D eigenvalue weighted by molar-refractivity contribution is 0.0697. The van der Waals surface area contributed by atoms with E-state index in [9.17, 15) is 9.90 Å². The van der Waals surface area contributed by atoms with Crippen molar-refractivity contribution in [1.82, 2.24) is 0 Å². The van der Waals surface area contributed by atoms with Gasteiger partial charge in [0.05, 0.1) is 18.3 Å². The molecule has 0 bridgehead atoms. The van der Waals surface area contributed by atoms with E-state index in [-0.39, 0.29) is 23.0 Å². The third kappa shape index (κ3) is 5.64. The van der Waals surface area contributed by atoms with Crippen molar-refractivity contribution in [3.05, 3.63) is 69.8 Å². The zero-order valence-corrected chi connectivity index (χ0v) is 20.2. The number of aliphatic hydroxyl groups is 2. The first kappa shape index (κ1) is 24.6. The molecule has 0 radical (unpaired) electrons. The van der Waals surface area contributed by atoms with Crippen molar-refractivity contribution in [2.75, 3.05) is 12.4 Å². The molecule has 0 amide bonds. The Kier molecular flexibility index (Phi) is 7.53. The van der Waals surface area contributed by atoms with Gasteiger partial charge in [-0.3, -0.25) is 0 Å². The minimum Gasteiger partial charge on any atom is -0.478 e. The first-order chi connectivity index (χ1) is 15.0. The van der Waals surface area contributed by atoms with Gasteiger partial charge in [0.25, 0.3) is 0 Å². The molecule has 0 fully saturated rings. The minimum atomic E-state index is -0.926. The number of carboxylic acids is 1. The summed E-state index contributed by atoms with van der Waals surface area (Å²) in [7, 11) is 0. The summed E-state index contributed by atoms with van der Waals surface area (Å²) in [6.45, 7) is 9.02. The van der Waals surface area contributed by atoms with E-state index in [0.717, 1.165) is 29.7 Å². The fourth-order valence-corrected chi connectivity index (χ4v) is 5.20. The van der Waals surface area contributed by atoms with Crippen LogP contribution in [0.1, 0.15) is 78.7 Å². The fourth-order valence-electron chi connectivity index (χ4n) is 4.24. The third-order valence-corrected chi connectivity index (χ3v) is 7.64. The topological polar surface area (TPSA) is 77.8 Å². The number of aromatic carboxylic acids is 1. The van der Waals surface area contributed by atoms with Crippen molar-refractivity contribution in [1.29, 1.82) is 0 Å². The average Bonchev–Trinajstić information content (AvgIpc) is 2.75. The maximum Gasteiger partial charge on any atom is 0.335 e. The van der Waals surface area contributed by atoms with Crippen LogP contribution in [-0.2, 0) is 16.6 Å². The average molecular weight is 455 g/mol. The Balaban J connectivity index is 1.98. The number of thioether (sulfide) groups is 1. The molecule has 0 aromatic heterocycles. The molecule has 4 nitrogen and oxygen atoms in total. The molecule has 3 N–H and O–H groups in total. The number of carboxylic acid groups (broad SMARTS) is 1. The highest BCUT2D eigenvalue weighted by Gasteiger charge is 2.37. The Hall–Kier alpha value is -2.08. The molecule has 0 saturated carbocycles. The molecule has 1 aliphatic carbocycles. The Morgan fingerprint density at radius 3 is 2.19 bits per heavy atom. The zero-order valence-electron chi connectivity index (χ0n) is 19.4. The summed E-state index contributed by atoms with van der Waals surface area (Å²) in [4.78, 5) is 11.1. The molecule has 3 rings (SSSR count). The van der Waals surface area contributed by atoms with Crippen molar-refractivity contribution in [3.8, 4) is 0 Å². The number of hydrogen-bond acceptors (Lipinski definition) is 4. The second-order valence-corrected chi connectivity index (χ2v) is 11.0. The van der Waals surface area contributed by atoms with Crippen LogP contribution in [0.5, 0.6) is 0 Å². The molecule has 1 unspecified atom stereocenters. The smallest absolute Gasteiger partial charge is 0.335 e. The highest BCUT2D eigenvalue weighted by molar-refractivity contribution is 7.98. The van der Waals surface area contributed by atoms with Crippen molar-refractivity contribution >= 4 is 29.9 Å². The van der Waals surface area contributed by atoms with Gasteiger partial charge in [0.2, 0.25) is 0 Å². The van der Waals surface area contributed by atoms with E-state index in [1.165, 1.54) is 16.7 Å². The first-order valence-corrected chi connectivity index (χ1v) is 12.2. The predicted molar refractivity (Wildman–Crippen MR) is 133 cm³/mol. The summed E-state index contributed by atoms with van der Waals surface area (Å²) in [5, 5.41) is 28.0. The van der Waals surface area contributed by atoms with E-state index in [1.807, 2.05) is 18.2 Å². The van der Waals surface area contributed by atoms with Crippen LogP contribution >= 0.6 is 11.8 Å². The number of rotatable bonds is 8. The van der Waals surface area contributed by atoms with Gasteiger partial charge < -0.3 is 15.3 Å². The van der Waals surface area contributed by atoms with Crippen LogP contribution in [-0.4, -0.2) is 39.8 Å². The van der Waals surface area contributed by atoms with Gasteiger partial charge in [0, 0.05) is 11.5 Å². The van der Waals surface area contributed by atoms with Crippen LogP contribution in [0, 0.1) is 0 Å². The Bertz CT molecular complexity index is 989. The second kappa shape index (κ2) is 9.82. The molecule has 0 aliphatic heterocycles. The first-order valence-electron chi connectivity index (χ1n) is 11.1. The van der Waals surface area contributed by atoms with Gasteiger partial charge in [-0.15, -0.1) is 0 Å². The highest BCUT2D eigenvalue weighted by Crippen LogP contribution is 2.47. The number of benzene rings is 2. The lowest BCUT2D eigenvalue weighted by Gasteiger charge is -2.42. The molecule has 32 heavy (non-hydrogen) atoms. The van der Waals surface area contributed by atoms with E-state index < -0.39 is 12.1 Å². The molecule has 0 spiro atoms. The molecule has 1 atom stereocenters. The van der Waals surface area contributed by atoms with Crippen LogP contribution < -0.4 is 0 Å². The van der Waals surface area contributed by atoms with Gasteiger partial charge in [-0.2, -0.15) is 11.8 Å². The summed E-state index contributed by atoms with van der Waals surface area (Å²) in [6, 6.07) is 11.5. The second-order valence-electron chi connectivity index (χ2n) is 9.98. The van der Waals surface area contributed by atoms with Crippen molar-refractivity contribution < 1.29 is 20.1 Å². The van der Waals surface area contributed by atoms with Crippen LogP contribution in [0.3, 0.4) is 0 Å². The maximum atomic E-state index is 11.1. The predicted octanol–water partition coefficient (Wildman–Crippen LogP) is 5.49. The summed E-state index contributed by atoms with van der Waals surface area (Å²) >= 11 is 1.62. The van der Waals surface area contributed by atoms with Crippen LogP contribution in [0.4, 0.5) is 0 Å². The quantitative estimate of drug-likeness (QED) is 0.460. The van der Waals surface area contributed by atoms with E-state index >= 15 is 0 Å². The van der Waals surface area contributed by atoms with Gasteiger partial charge >= 0.3 is 5.97 Å². The van der Waals surface area contributed by atoms with Crippen molar-refractivity contribution in [2.24, 2.45) is 0 Å². The minimum absolute atomic E-state index is 0.106. The van der Waals surface area contributed by atoms with Crippen LogP contribution in [0.15, 0.2) is 36.4 Å². The molecule has 0 saturated heterocycles. The molecule has 1 aliphatic rings. The number of fused-ring (bicyclic) bond motifs is 1. The summed E-state index contributed by atoms with van der Waals surface area (Å²) in [5.74, 6) is 0.310. The van der Waals surface area contributed by atoms with E-state index in [4.69, 9.17) is 10.2 Å². The van der Waals surface area contributed by atoms with Gasteiger partial charge in [-0.1, -0.05) is 64.1 Å². The molecule has 2 aromatic carbocycles. The lowest BCUT2D eigenvalue weighted by Crippen LogP contribution is -2.34. The Labute approximate surface area is 195 Å². The SMILES string of the molecule is CC1(C)CCC(C)(C)c2cc(CSCC(O)CO)c(C=Cc3ccc(C(=O)O)cc3)cc21. The molecule has 2 aromatic rings. The third-order valence-electron chi connectivity index (χ3n) is 6.50. The molecule has 172 valence electrons. The maximum absolute atomic E-state index is 11.1. The van der Waals surface area contributed by atoms with Gasteiger partial charge in [0.1, 0.15) is 0 Å². The van der Waals surface area contributed by atoms with Gasteiger partial charge in [-0.05, 0) is 63.6 Å². The number of carbonyl (C=O) groups is 1. The van der Waals surface area contributed by atoms with Gasteiger partial charge in [0.15, 0.2) is 0 Å². The van der Waals surface area contributed by atoms with E-state index in [2.05, 4.69) is 45.9 Å². The highest BCUT2D eigenvalue weighted by atomic mass is 32.2. The van der Waals surface area contributed by atoms with Crippen LogP contribution in [0.25, 0.3) is 12.2 Å². The van der Waals surface area contributed by atoms with E-state index in [0.29, 0.717) is 5.75 Å². The van der Waals surface area contributed by atoms with Gasteiger partial charge in [-0.25, -0.2) is 4.79 Å². The van der Waals surface area contributed by atoms with Crippen LogP contribution in [0.2, 0.25) is 0 Å². The fraction of sp³-hybridized carbons (Fsp3) is 0.444. The van der Waals surface area contributed by atoms with Crippen molar-refractivity contribution in [2.45, 2.75) is 63.2 Å². The monoisotopic (exact) mass is 454 g/mol. The Morgan fingerprint density at radius 1 is 1.03 bits per heavy atom. The Morgan fingerprint density at radius 2 is 1.62 bits per heavy atom. The molecule has 0 heterocycles. The summed E-state index contributed by atoms with van der Waals surface area (Å²) in [6.07, 6.45) is 5.70.